The summed E-state index contributed by atoms with van der Waals surface area (Å²) in [5.41, 5.74) is 1.69. The lowest BCUT2D eigenvalue weighted by Gasteiger charge is -2.02. The van der Waals surface area contributed by atoms with Crippen molar-refractivity contribution in [2.75, 3.05) is 6.79 Å². The molecule has 0 saturated carbocycles. The molecule has 0 radical (unpaired) electrons. The molecule has 0 unspecified atom stereocenters. The third-order valence-corrected chi connectivity index (χ3v) is 3.20. The van der Waals surface area contributed by atoms with Gasteiger partial charge in [-0.15, -0.1) is 0 Å². The zero-order valence-electron chi connectivity index (χ0n) is 11.7. The summed E-state index contributed by atoms with van der Waals surface area (Å²) in [7, 11) is 0. The average molecular weight is 299 g/mol. The maximum absolute atomic E-state index is 12.8. The summed E-state index contributed by atoms with van der Waals surface area (Å²) >= 11 is 0. The summed E-state index contributed by atoms with van der Waals surface area (Å²) in [5.74, 6) is 0.867. The summed E-state index contributed by atoms with van der Waals surface area (Å²) in [5, 5.41) is 2.74. The number of ether oxygens (including phenoxy) is 2. The van der Waals surface area contributed by atoms with E-state index in [9.17, 15) is 9.18 Å². The topological polar surface area (TPSA) is 47.6 Å². The van der Waals surface area contributed by atoms with Crippen molar-refractivity contribution in [1.82, 2.24) is 5.32 Å². The van der Waals surface area contributed by atoms with Crippen molar-refractivity contribution in [3.8, 4) is 11.5 Å². The van der Waals surface area contributed by atoms with E-state index in [1.54, 1.807) is 24.3 Å². The van der Waals surface area contributed by atoms with Crippen molar-refractivity contribution in [2.45, 2.75) is 6.54 Å². The van der Waals surface area contributed by atoms with Gasteiger partial charge in [0.2, 0.25) is 12.7 Å². The number of rotatable bonds is 4. The van der Waals surface area contributed by atoms with Gasteiger partial charge in [-0.3, -0.25) is 4.79 Å². The number of hydrogen-bond donors (Lipinski definition) is 1. The Bertz CT molecular complexity index is 710. The summed E-state index contributed by atoms with van der Waals surface area (Å²) in [4.78, 5) is 11.8. The second kappa shape index (κ2) is 6.30. The van der Waals surface area contributed by atoms with Gasteiger partial charge in [-0.25, -0.2) is 4.39 Å². The van der Waals surface area contributed by atoms with Gasteiger partial charge in [0.05, 0.1) is 0 Å². The predicted octanol–water partition coefficient (Wildman–Crippen LogP) is 2.88. The van der Waals surface area contributed by atoms with Crippen LogP contribution in [-0.4, -0.2) is 12.7 Å². The lowest BCUT2D eigenvalue weighted by atomic mass is 10.2. The molecule has 0 fully saturated rings. The Morgan fingerprint density at radius 3 is 2.73 bits per heavy atom. The van der Waals surface area contributed by atoms with Crippen molar-refractivity contribution in [1.29, 1.82) is 0 Å². The van der Waals surface area contributed by atoms with Crippen LogP contribution in [0.3, 0.4) is 0 Å². The van der Waals surface area contributed by atoms with Gasteiger partial charge in [-0.2, -0.15) is 0 Å². The van der Waals surface area contributed by atoms with Gasteiger partial charge in [-0.1, -0.05) is 18.2 Å². The van der Waals surface area contributed by atoms with Gasteiger partial charge in [0.25, 0.3) is 0 Å². The lowest BCUT2D eigenvalue weighted by molar-refractivity contribution is -0.116. The fourth-order valence-electron chi connectivity index (χ4n) is 2.04. The molecule has 0 saturated heterocycles. The van der Waals surface area contributed by atoms with E-state index in [-0.39, 0.29) is 18.5 Å². The Morgan fingerprint density at radius 2 is 1.91 bits per heavy atom. The molecule has 1 aliphatic rings. The molecule has 22 heavy (non-hydrogen) atoms. The molecule has 0 aliphatic carbocycles. The number of carbonyl (C=O) groups is 1. The van der Waals surface area contributed by atoms with Gasteiger partial charge < -0.3 is 14.8 Å². The maximum atomic E-state index is 12.8. The molecule has 112 valence electrons. The molecule has 0 spiro atoms. The third kappa shape index (κ3) is 3.44. The van der Waals surface area contributed by atoms with E-state index in [4.69, 9.17) is 9.47 Å². The molecule has 0 atom stereocenters. The Balaban J connectivity index is 1.56. The fourth-order valence-corrected chi connectivity index (χ4v) is 2.04. The molecule has 0 aromatic heterocycles. The smallest absolute Gasteiger partial charge is 0.244 e. The van der Waals surface area contributed by atoms with E-state index in [0.29, 0.717) is 18.0 Å². The van der Waals surface area contributed by atoms with Crippen LogP contribution in [0.1, 0.15) is 11.1 Å². The van der Waals surface area contributed by atoms with Gasteiger partial charge in [0.1, 0.15) is 5.82 Å². The number of carbonyl (C=O) groups excluding carboxylic acids is 1. The third-order valence-electron chi connectivity index (χ3n) is 3.20. The number of halogens is 1. The van der Waals surface area contributed by atoms with E-state index >= 15 is 0 Å². The Kier molecular flexibility index (Phi) is 4.05. The van der Waals surface area contributed by atoms with E-state index in [1.807, 2.05) is 12.1 Å². The van der Waals surface area contributed by atoms with E-state index < -0.39 is 0 Å². The summed E-state index contributed by atoms with van der Waals surface area (Å²) in [6.45, 7) is 0.575. The van der Waals surface area contributed by atoms with E-state index in [1.165, 1.54) is 18.2 Å². The Labute approximate surface area is 127 Å². The molecular formula is C17H14FNO3. The molecular weight excluding hydrogens is 285 g/mol. The number of hydrogen-bond acceptors (Lipinski definition) is 3. The minimum absolute atomic E-state index is 0.220. The van der Waals surface area contributed by atoms with Crippen molar-refractivity contribution >= 4 is 12.0 Å². The first-order valence-corrected chi connectivity index (χ1v) is 6.81. The van der Waals surface area contributed by atoms with Crippen molar-refractivity contribution in [3.05, 3.63) is 65.5 Å². The van der Waals surface area contributed by atoms with Crippen molar-refractivity contribution in [2.24, 2.45) is 0 Å². The summed E-state index contributed by atoms with van der Waals surface area (Å²) in [6, 6.07) is 11.5. The normalized spacial score (nSPS) is 12.6. The number of nitrogens with one attached hydrogen (secondary N) is 1. The molecule has 4 nitrogen and oxygen atoms in total. The molecule has 2 aromatic carbocycles. The quantitative estimate of drug-likeness (QED) is 0.883. The zero-order chi connectivity index (χ0) is 15.4. The van der Waals surface area contributed by atoms with Crippen LogP contribution in [-0.2, 0) is 11.3 Å². The highest BCUT2D eigenvalue weighted by Crippen LogP contribution is 2.32. The minimum atomic E-state index is -0.294. The highest BCUT2D eigenvalue weighted by atomic mass is 19.1. The van der Waals surface area contributed by atoms with Gasteiger partial charge >= 0.3 is 0 Å². The van der Waals surface area contributed by atoms with Crippen LogP contribution < -0.4 is 14.8 Å². The molecule has 0 bridgehead atoms. The van der Waals surface area contributed by atoms with Crippen LogP contribution in [0.25, 0.3) is 6.08 Å². The first kappa shape index (κ1) is 14.1. The highest BCUT2D eigenvalue weighted by molar-refractivity contribution is 5.91. The first-order valence-electron chi connectivity index (χ1n) is 6.81. The van der Waals surface area contributed by atoms with E-state index in [2.05, 4.69) is 5.32 Å². The summed E-state index contributed by atoms with van der Waals surface area (Å²) in [6.07, 6.45) is 3.14. The fraction of sp³-hybridized carbons (Fsp3) is 0.118. The van der Waals surface area contributed by atoms with Crippen LogP contribution in [0.5, 0.6) is 11.5 Å². The molecule has 1 heterocycles. The highest BCUT2D eigenvalue weighted by Gasteiger charge is 2.12. The second-order valence-corrected chi connectivity index (χ2v) is 4.79. The van der Waals surface area contributed by atoms with Gasteiger partial charge in [0.15, 0.2) is 11.5 Å². The Morgan fingerprint density at radius 1 is 1.14 bits per heavy atom. The predicted molar refractivity (Wildman–Crippen MR) is 79.8 cm³/mol. The largest absolute Gasteiger partial charge is 0.454 e. The van der Waals surface area contributed by atoms with Crippen LogP contribution in [0, 0.1) is 5.82 Å². The molecule has 2 aromatic rings. The standard InChI is InChI=1S/C17H14FNO3/c18-14-5-1-13(2-6-14)10-19-17(20)8-4-12-3-7-15-16(9-12)22-11-21-15/h1-9H,10-11H2,(H,19,20)/b8-4+. The van der Waals surface area contributed by atoms with Gasteiger partial charge in [-0.05, 0) is 41.5 Å². The van der Waals surface area contributed by atoms with Crippen molar-refractivity contribution in [3.63, 3.8) is 0 Å². The summed E-state index contributed by atoms with van der Waals surface area (Å²) < 4.78 is 23.3. The SMILES string of the molecule is O=C(/C=C/c1ccc2c(c1)OCO2)NCc1ccc(F)cc1. The molecule has 1 aliphatic heterocycles. The molecule has 5 heteroatoms. The number of fused-ring (bicyclic) bond motifs is 1. The van der Waals surface area contributed by atoms with Crippen LogP contribution in [0.4, 0.5) is 4.39 Å². The first-order chi connectivity index (χ1) is 10.7. The molecule has 1 N–H and O–H groups in total. The van der Waals surface area contributed by atoms with Crippen LogP contribution in [0.15, 0.2) is 48.5 Å². The number of benzene rings is 2. The lowest BCUT2D eigenvalue weighted by Crippen LogP contribution is -2.20. The monoisotopic (exact) mass is 299 g/mol. The maximum Gasteiger partial charge on any atom is 0.244 e. The van der Waals surface area contributed by atoms with Crippen LogP contribution in [0.2, 0.25) is 0 Å². The number of amides is 1. The zero-order valence-corrected chi connectivity index (χ0v) is 11.7. The average Bonchev–Trinajstić information content (AvgIpc) is 3.00. The van der Waals surface area contributed by atoms with Crippen LogP contribution >= 0.6 is 0 Å². The molecule has 3 rings (SSSR count). The van der Waals surface area contributed by atoms with E-state index in [0.717, 1.165) is 11.1 Å². The van der Waals surface area contributed by atoms with Crippen molar-refractivity contribution < 1.29 is 18.7 Å². The van der Waals surface area contributed by atoms with Gasteiger partial charge in [0, 0.05) is 12.6 Å². The molecule has 1 amide bonds. The Hall–Kier alpha value is -2.82. The minimum Gasteiger partial charge on any atom is -0.454 e. The second-order valence-electron chi connectivity index (χ2n) is 4.79.